The lowest BCUT2D eigenvalue weighted by Gasteiger charge is -2.30. The van der Waals surface area contributed by atoms with E-state index in [0.717, 1.165) is 5.92 Å². The number of rotatable bonds is 2. The SMILES string of the molecule is Cl.N[C@H](c1cccs1)C1CCC1. The van der Waals surface area contributed by atoms with E-state index in [0.29, 0.717) is 6.04 Å². The van der Waals surface area contributed by atoms with Gasteiger partial charge in [-0.25, -0.2) is 0 Å². The molecule has 0 aliphatic heterocycles. The molecule has 68 valence electrons. The maximum atomic E-state index is 6.06. The lowest BCUT2D eigenvalue weighted by Crippen LogP contribution is -2.25. The maximum absolute atomic E-state index is 6.06. The van der Waals surface area contributed by atoms with Crippen molar-refractivity contribution >= 4 is 23.7 Å². The summed E-state index contributed by atoms with van der Waals surface area (Å²) in [5.41, 5.74) is 6.06. The van der Waals surface area contributed by atoms with Gasteiger partial charge in [0.15, 0.2) is 0 Å². The Morgan fingerprint density at radius 2 is 2.25 bits per heavy atom. The van der Waals surface area contributed by atoms with Gasteiger partial charge in [0.1, 0.15) is 0 Å². The molecular weight excluding hydrogens is 190 g/mol. The molecule has 1 atom stereocenters. The van der Waals surface area contributed by atoms with E-state index >= 15 is 0 Å². The van der Waals surface area contributed by atoms with E-state index in [9.17, 15) is 0 Å². The molecule has 0 saturated heterocycles. The second-order valence-electron chi connectivity index (χ2n) is 3.23. The second kappa shape index (κ2) is 4.26. The third-order valence-corrected chi connectivity index (χ3v) is 3.50. The van der Waals surface area contributed by atoms with E-state index in [1.165, 1.54) is 24.1 Å². The van der Waals surface area contributed by atoms with E-state index in [2.05, 4.69) is 17.5 Å². The molecule has 1 saturated carbocycles. The molecule has 0 radical (unpaired) electrons. The molecule has 1 aliphatic carbocycles. The minimum Gasteiger partial charge on any atom is -0.323 e. The van der Waals surface area contributed by atoms with Gasteiger partial charge in [0.05, 0.1) is 0 Å². The second-order valence-corrected chi connectivity index (χ2v) is 4.21. The highest BCUT2D eigenvalue weighted by atomic mass is 35.5. The maximum Gasteiger partial charge on any atom is 0.0418 e. The van der Waals surface area contributed by atoms with Crippen LogP contribution in [0.1, 0.15) is 30.2 Å². The topological polar surface area (TPSA) is 26.0 Å². The van der Waals surface area contributed by atoms with Crippen LogP contribution in [-0.2, 0) is 0 Å². The summed E-state index contributed by atoms with van der Waals surface area (Å²) in [4.78, 5) is 1.36. The van der Waals surface area contributed by atoms with Gasteiger partial charge in [-0.3, -0.25) is 0 Å². The minimum absolute atomic E-state index is 0. The van der Waals surface area contributed by atoms with Crippen molar-refractivity contribution in [2.75, 3.05) is 0 Å². The fraction of sp³-hybridized carbons (Fsp3) is 0.556. The number of hydrogen-bond donors (Lipinski definition) is 1. The zero-order chi connectivity index (χ0) is 7.68. The Bertz CT molecular complexity index is 218. The Labute approximate surface area is 83.4 Å². The van der Waals surface area contributed by atoms with Crippen molar-refractivity contribution in [2.24, 2.45) is 11.7 Å². The molecule has 12 heavy (non-hydrogen) atoms. The molecule has 1 aromatic rings. The highest BCUT2D eigenvalue weighted by molar-refractivity contribution is 7.10. The van der Waals surface area contributed by atoms with E-state index in [1.807, 2.05) is 0 Å². The van der Waals surface area contributed by atoms with Gasteiger partial charge in [0.25, 0.3) is 0 Å². The normalized spacial score (nSPS) is 19.4. The molecule has 0 amide bonds. The van der Waals surface area contributed by atoms with Crippen molar-refractivity contribution in [3.63, 3.8) is 0 Å². The smallest absolute Gasteiger partial charge is 0.0418 e. The van der Waals surface area contributed by atoms with Crippen LogP contribution in [0.5, 0.6) is 0 Å². The molecule has 1 nitrogen and oxygen atoms in total. The quantitative estimate of drug-likeness (QED) is 0.786. The van der Waals surface area contributed by atoms with Gasteiger partial charge in [-0.1, -0.05) is 12.5 Å². The first-order valence-corrected chi connectivity index (χ1v) is 5.05. The van der Waals surface area contributed by atoms with Crippen LogP contribution in [0.4, 0.5) is 0 Å². The first-order valence-electron chi connectivity index (χ1n) is 4.17. The summed E-state index contributed by atoms with van der Waals surface area (Å²) in [6, 6.07) is 4.55. The van der Waals surface area contributed by atoms with E-state index in [1.54, 1.807) is 11.3 Å². The Morgan fingerprint density at radius 3 is 2.67 bits per heavy atom. The number of halogens is 1. The Balaban J connectivity index is 0.000000720. The van der Waals surface area contributed by atoms with Gasteiger partial charge in [0.2, 0.25) is 0 Å². The van der Waals surface area contributed by atoms with Gasteiger partial charge in [-0.15, -0.1) is 23.7 Å². The molecule has 1 aliphatic rings. The summed E-state index contributed by atoms with van der Waals surface area (Å²) in [6.45, 7) is 0. The average Bonchev–Trinajstić information content (AvgIpc) is 2.32. The van der Waals surface area contributed by atoms with Crippen LogP contribution in [0, 0.1) is 5.92 Å². The van der Waals surface area contributed by atoms with E-state index in [4.69, 9.17) is 5.73 Å². The van der Waals surface area contributed by atoms with Crippen molar-refractivity contribution in [3.8, 4) is 0 Å². The average molecular weight is 204 g/mol. The van der Waals surface area contributed by atoms with Crippen molar-refractivity contribution in [2.45, 2.75) is 25.3 Å². The van der Waals surface area contributed by atoms with Crippen LogP contribution < -0.4 is 5.73 Å². The fourth-order valence-corrected chi connectivity index (χ4v) is 2.33. The highest BCUT2D eigenvalue weighted by Gasteiger charge is 2.25. The highest BCUT2D eigenvalue weighted by Crippen LogP contribution is 2.37. The van der Waals surface area contributed by atoms with Crippen LogP contribution in [-0.4, -0.2) is 0 Å². The Kier molecular flexibility index (Phi) is 3.56. The van der Waals surface area contributed by atoms with Crippen LogP contribution in [0.15, 0.2) is 17.5 Å². The van der Waals surface area contributed by atoms with Crippen LogP contribution >= 0.6 is 23.7 Å². The molecule has 0 aromatic carbocycles. The van der Waals surface area contributed by atoms with Crippen LogP contribution in [0.2, 0.25) is 0 Å². The largest absolute Gasteiger partial charge is 0.323 e. The zero-order valence-corrected chi connectivity index (χ0v) is 8.53. The van der Waals surface area contributed by atoms with Crippen molar-refractivity contribution in [1.82, 2.24) is 0 Å². The van der Waals surface area contributed by atoms with Gasteiger partial charge in [0, 0.05) is 10.9 Å². The first kappa shape index (κ1) is 10.0. The number of hydrogen-bond acceptors (Lipinski definition) is 2. The molecule has 3 heteroatoms. The van der Waals surface area contributed by atoms with E-state index < -0.39 is 0 Å². The van der Waals surface area contributed by atoms with Crippen molar-refractivity contribution in [3.05, 3.63) is 22.4 Å². The summed E-state index contributed by atoms with van der Waals surface area (Å²) in [6.07, 6.45) is 4.04. The monoisotopic (exact) mass is 203 g/mol. The lowest BCUT2D eigenvalue weighted by atomic mass is 9.79. The number of thiophene rings is 1. The molecule has 2 rings (SSSR count). The molecule has 0 bridgehead atoms. The zero-order valence-electron chi connectivity index (χ0n) is 6.90. The number of nitrogens with two attached hydrogens (primary N) is 1. The van der Waals surface area contributed by atoms with Gasteiger partial charge in [-0.2, -0.15) is 0 Å². The summed E-state index contributed by atoms with van der Waals surface area (Å²) in [7, 11) is 0. The van der Waals surface area contributed by atoms with Crippen LogP contribution in [0.25, 0.3) is 0 Å². The first-order chi connectivity index (χ1) is 5.38. The molecule has 2 N–H and O–H groups in total. The molecule has 1 fully saturated rings. The van der Waals surface area contributed by atoms with E-state index in [-0.39, 0.29) is 12.4 Å². The third kappa shape index (κ3) is 1.82. The molecule has 0 spiro atoms. The minimum atomic E-state index is 0. The third-order valence-electron chi connectivity index (χ3n) is 2.53. The molecule has 0 unspecified atom stereocenters. The van der Waals surface area contributed by atoms with Crippen molar-refractivity contribution < 1.29 is 0 Å². The Morgan fingerprint density at radius 1 is 1.50 bits per heavy atom. The predicted octanol–water partition coefficient (Wildman–Crippen LogP) is 2.97. The van der Waals surface area contributed by atoms with Crippen LogP contribution in [0.3, 0.4) is 0 Å². The van der Waals surface area contributed by atoms with Gasteiger partial charge >= 0.3 is 0 Å². The summed E-state index contributed by atoms with van der Waals surface area (Å²) < 4.78 is 0. The lowest BCUT2D eigenvalue weighted by molar-refractivity contribution is 0.267. The molecule has 1 heterocycles. The van der Waals surface area contributed by atoms with Gasteiger partial charge < -0.3 is 5.73 Å². The fourth-order valence-electron chi connectivity index (χ4n) is 1.51. The molecular formula is C9H14ClNS. The summed E-state index contributed by atoms with van der Waals surface area (Å²) in [5.74, 6) is 0.772. The Hall–Kier alpha value is -0.0500. The predicted molar refractivity (Wildman–Crippen MR) is 55.8 cm³/mol. The standard InChI is InChI=1S/C9H13NS.ClH/c10-9(7-3-1-4-7)8-5-2-6-11-8;/h2,5-7,9H,1,3-4,10H2;1H/t9-;/m0./s1. The summed E-state index contributed by atoms with van der Waals surface area (Å²) >= 11 is 1.78. The molecule has 1 aromatic heterocycles. The summed E-state index contributed by atoms with van der Waals surface area (Å²) in [5, 5.41) is 2.11. The van der Waals surface area contributed by atoms with Crippen molar-refractivity contribution in [1.29, 1.82) is 0 Å². The van der Waals surface area contributed by atoms with Gasteiger partial charge in [-0.05, 0) is 30.2 Å².